The zero-order valence-corrected chi connectivity index (χ0v) is 10.8. The van der Waals surface area contributed by atoms with Crippen LogP contribution in [-0.2, 0) is 6.42 Å². The highest BCUT2D eigenvalue weighted by atomic mass is 35.5. The highest BCUT2D eigenvalue weighted by molar-refractivity contribution is 6.67. The second-order valence-electron chi connectivity index (χ2n) is 3.96. The molecule has 0 unspecified atom stereocenters. The number of nitrogens with zero attached hydrogens (tertiary/aromatic N) is 2. The summed E-state index contributed by atoms with van der Waals surface area (Å²) in [5.41, 5.74) is 1.12. The predicted octanol–water partition coefficient (Wildman–Crippen LogP) is 3.46. The number of hydrogen-bond acceptors (Lipinski definition) is 4. The number of aromatic nitrogens is 2. The summed E-state index contributed by atoms with van der Waals surface area (Å²) in [6, 6.07) is 6.83. The molecule has 0 aliphatic heterocycles. The average Bonchev–Trinajstić information content (AvgIpc) is 2.85. The molecule has 1 aromatic carbocycles. The van der Waals surface area contributed by atoms with Crippen LogP contribution in [0, 0.1) is 0 Å². The minimum Gasteiger partial charge on any atom is -0.421 e. The summed E-state index contributed by atoms with van der Waals surface area (Å²) in [5, 5.41) is 7.44. The monoisotopic (exact) mass is 264 g/mol. The van der Waals surface area contributed by atoms with Crippen LogP contribution in [0.4, 0.5) is 0 Å². The average molecular weight is 265 g/mol. The van der Waals surface area contributed by atoms with Gasteiger partial charge in [-0.25, -0.2) is 0 Å². The number of benzene rings is 1. The van der Waals surface area contributed by atoms with Crippen molar-refractivity contribution in [2.24, 2.45) is 0 Å². The van der Waals surface area contributed by atoms with E-state index in [-0.39, 0.29) is 0 Å². The Kier molecular flexibility index (Phi) is 4.10. The molecule has 5 heteroatoms. The predicted molar refractivity (Wildman–Crippen MR) is 68.5 cm³/mol. The van der Waals surface area contributed by atoms with E-state index in [1.165, 1.54) is 0 Å². The van der Waals surface area contributed by atoms with Crippen LogP contribution >= 0.6 is 11.6 Å². The summed E-state index contributed by atoms with van der Waals surface area (Å²) in [5.74, 6) is 1.04. The van der Waals surface area contributed by atoms with Crippen LogP contribution in [0.3, 0.4) is 0 Å². The number of rotatable bonds is 5. The van der Waals surface area contributed by atoms with Crippen LogP contribution in [-0.4, -0.2) is 15.4 Å². The summed E-state index contributed by atoms with van der Waals surface area (Å²) in [7, 11) is 0. The molecule has 0 amide bonds. The lowest BCUT2D eigenvalue weighted by Crippen LogP contribution is -1.88. The third kappa shape index (κ3) is 2.96. The quantitative estimate of drug-likeness (QED) is 0.776. The van der Waals surface area contributed by atoms with E-state index in [0.29, 0.717) is 22.9 Å². The topological polar surface area (TPSA) is 56.0 Å². The van der Waals surface area contributed by atoms with Gasteiger partial charge >= 0.3 is 0 Å². The molecular weight excluding hydrogens is 252 g/mol. The minimum absolute atomic E-state index is 0.417. The van der Waals surface area contributed by atoms with Crippen molar-refractivity contribution in [3.05, 3.63) is 35.7 Å². The van der Waals surface area contributed by atoms with E-state index >= 15 is 0 Å². The second kappa shape index (κ2) is 5.78. The third-order valence-electron chi connectivity index (χ3n) is 2.55. The SMILES string of the molecule is CCCCc1nnc(-c2cccc(C(=O)Cl)c2)o1. The zero-order valence-electron chi connectivity index (χ0n) is 10.0. The van der Waals surface area contributed by atoms with E-state index in [1.54, 1.807) is 24.3 Å². The fraction of sp³-hybridized carbons (Fsp3) is 0.308. The molecule has 18 heavy (non-hydrogen) atoms. The first-order valence-corrected chi connectivity index (χ1v) is 6.21. The fourth-order valence-corrected chi connectivity index (χ4v) is 1.69. The Morgan fingerprint density at radius 3 is 2.94 bits per heavy atom. The maximum absolute atomic E-state index is 11.1. The fourth-order valence-electron chi connectivity index (χ4n) is 1.57. The normalized spacial score (nSPS) is 10.6. The van der Waals surface area contributed by atoms with Crippen LogP contribution in [0.5, 0.6) is 0 Å². The zero-order chi connectivity index (χ0) is 13.0. The molecule has 4 nitrogen and oxygen atoms in total. The van der Waals surface area contributed by atoms with E-state index in [1.807, 2.05) is 0 Å². The Bertz CT molecular complexity index is 551. The lowest BCUT2D eigenvalue weighted by Gasteiger charge is -1.97. The van der Waals surface area contributed by atoms with Gasteiger partial charge in [0.25, 0.3) is 5.24 Å². The molecule has 2 aromatic rings. The summed E-state index contributed by atoms with van der Waals surface area (Å²) < 4.78 is 5.53. The molecule has 0 N–H and O–H groups in total. The minimum atomic E-state index is -0.498. The summed E-state index contributed by atoms with van der Waals surface area (Å²) in [4.78, 5) is 11.1. The van der Waals surface area contributed by atoms with Crippen molar-refractivity contribution in [3.8, 4) is 11.5 Å². The molecule has 2 rings (SSSR count). The van der Waals surface area contributed by atoms with Crippen molar-refractivity contribution in [1.82, 2.24) is 10.2 Å². The van der Waals surface area contributed by atoms with Gasteiger partial charge in [-0.05, 0) is 30.2 Å². The lowest BCUT2D eigenvalue weighted by atomic mass is 10.1. The van der Waals surface area contributed by atoms with Crippen LogP contribution in [0.1, 0.15) is 36.0 Å². The maximum Gasteiger partial charge on any atom is 0.252 e. The molecule has 0 bridgehead atoms. The summed E-state index contributed by atoms with van der Waals surface area (Å²) in [6.45, 7) is 2.10. The van der Waals surface area contributed by atoms with Crippen molar-refractivity contribution in [1.29, 1.82) is 0 Å². The van der Waals surface area contributed by atoms with Crippen LogP contribution in [0.2, 0.25) is 0 Å². The molecule has 94 valence electrons. The second-order valence-corrected chi connectivity index (χ2v) is 4.30. The maximum atomic E-state index is 11.1. The molecule has 1 heterocycles. The molecule has 0 saturated carbocycles. The van der Waals surface area contributed by atoms with Crippen LogP contribution in [0.25, 0.3) is 11.5 Å². The number of aryl methyl sites for hydroxylation is 1. The molecule has 0 fully saturated rings. The molecule has 0 radical (unpaired) electrons. The Morgan fingerprint density at radius 2 is 2.22 bits per heavy atom. The standard InChI is InChI=1S/C13H13ClN2O2/c1-2-3-7-11-15-16-13(18-11)10-6-4-5-9(8-10)12(14)17/h4-6,8H,2-3,7H2,1H3. The van der Waals surface area contributed by atoms with Crippen LogP contribution < -0.4 is 0 Å². The van der Waals surface area contributed by atoms with Crippen molar-refractivity contribution < 1.29 is 9.21 Å². The first kappa shape index (κ1) is 12.8. The summed E-state index contributed by atoms with van der Waals surface area (Å²) >= 11 is 5.43. The molecule has 0 aliphatic rings. The molecule has 1 aromatic heterocycles. The van der Waals surface area contributed by atoms with E-state index in [9.17, 15) is 4.79 Å². The van der Waals surface area contributed by atoms with Crippen LogP contribution in [0.15, 0.2) is 28.7 Å². The van der Waals surface area contributed by atoms with E-state index in [4.69, 9.17) is 16.0 Å². The lowest BCUT2D eigenvalue weighted by molar-refractivity contribution is 0.108. The Balaban J connectivity index is 2.23. The van der Waals surface area contributed by atoms with E-state index in [2.05, 4.69) is 17.1 Å². The number of carbonyl (C=O) groups is 1. The first-order valence-electron chi connectivity index (χ1n) is 5.83. The summed E-state index contributed by atoms with van der Waals surface area (Å²) in [6.07, 6.45) is 2.87. The van der Waals surface area contributed by atoms with Gasteiger partial charge in [0.2, 0.25) is 11.8 Å². The van der Waals surface area contributed by atoms with Crippen molar-refractivity contribution in [2.45, 2.75) is 26.2 Å². The van der Waals surface area contributed by atoms with Crippen molar-refractivity contribution in [3.63, 3.8) is 0 Å². The Hall–Kier alpha value is -1.68. The van der Waals surface area contributed by atoms with Crippen molar-refractivity contribution in [2.75, 3.05) is 0 Å². The van der Waals surface area contributed by atoms with Gasteiger partial charge in [-0.15, -0.1) is 10.2 Å². The van der Waals surface area contributed by atoms with Gasteiger partial charge in [0.15, 0.2) is 0 Å². The Labute approximate surface area is 110 Å². The van der Waals surface area contributed by atoms with Gasteiger partial charge in [0, 0.05) is 17.5 Å². The third-order valence-corrected chi connectivity index (χ3v) is 2.77. The largest absolute Gasteiger partial charge is 0.421 e. The van der Waals surface area contributed by atoms with Gasteiger partial charge in [-0.2, -0.15) is 0 Å². The first-order chi connectivity index (χ1) is 8.70. The van der Waals surface area contributed by atoms with Gasteiger partial charge in [-0.1, -0.05) is 25.5 Å². The number of carbonyl (C=O) groups excluding carboxylic acids is 1. The van der Waals surface area contributed by atoms with Gasteiger partial charge < -0.3 is 4.42 Å². The molecular formula is C13H13ClN2O2. The number of halogens is 1. The number of hydrogen-bond donors (Lipinski definition) is 0. The molecule has 0 saturated heterocycles. The van der Waals surface area contributed by atoms with Gasteiger partial charge in [-0.3, -0.25) is 4.79 Å². The molecule has 0 spiro atoms. The van der Waals surface area contributed by atoms with Crippen molar-refractivity contribution >= 4 is 16.8 Å². The smallest absolute Gasteiger partial charge is 0.252 e. The highest BCUT2D eigenvalue weighted by Gasteiger charge is 2.10. The highest BCUT2D eigenvalue weighted by Crippen LogP contribution is 2.20. The van der Waals surface area contributed by atoms with Gasteiger partial charge in [0.1, 0.15) is 0 Å². The van der Waals surface area contributed by atoms with E-state index in [0.717, 1.165) is 19.3 Å². The molecule has 0 aliphatic carbocycles. The Morgan fingerprint density at radius 1 is 1.39 bits per heavy atom. The molecule has 0 atom stereocenters. The number of unbranched alkanes of at least 4 members (excludes halogenated alkanes) is 1. The van der Waals surface area contributed by atoms with E-state index < -0.39 is 5.24 Å². The van der Waals surface area contributed by atoms with Gasteiger partial charge in [0.05, 0.1) is 0 Å².